The molecule has 1 heterocycles. The summed E-state index contributed by atoms with van der Waals surface area (Å²) in [6.07, 6.45) is 1.23. The smallest absolute Gasteiger partial charge is 0.273 e. The van der Waals surface area contributed by atoms with Crippen molar-refractivity contribution in [1.29, 1.82) is 0 Å². The van der Waals surface area contributed by atoms with Crippen molar-refractivity contribution in [2.45, 2.75) is 10.8 Å². The van der Waals surface area contributed by atoms with Crippen molar-refractivity contribution in [2.24, 2.45) is 0 Å². The normalized spacial score (nSPS) is 11.5. The number of thiazole rings is 1. The summed E-state index contributed by atoms with van der Waals surface area (Å²) in [4.78, 5) is 3.71. The van der Waals surface area contributed by atoms with E-state index in [1.807, 2.05) is 0 Å². The van der Waals surface area contributed by atoms with E-state index in [-0.39, 0.29) is 8.68 Å². The minimum atomic E-state index is -3.63. The van der Waals surface area contributed by atoms with E-state index in [0.717, 1.165) is 16.9 Å². The number of methoxy groups -OCH3 is 1. The molecular formula is C11H11ClN2O3S2. The molecule has 0 spiro atoms. The molecule has 0 aliphatic carbocycles. The number of benzene rings is 1. The molecule has 102 valence electrons. The highest BCUT2D eigenvalue weighted by Gasteiger charge is 2.17. The number of hydrogen-bond acceptors (Lipinski definition) is 5. The van der Waals surface area contributed by atoms with Crippen LogP contribution < -0.4 is 4.72 Å². The monoisotopic (exact) mass is 318 g/mol. The van der Waals surface area contributed by atoms with Gasteiger partial charge in [-0.15, -0.1) is 0 Å². The molecule has 1 aromatic carbocycles. The zero-order chi connectivity index (χ0) is 13.9. The van der Waals surface area contributed by atoms with Crippen molar-refractivity contribution in [1.82, 2.24) is 4.98 Å². The molecule has 2 rings (SSSR count). The van der Waals surface area contributed by atoms with E-state index in [0.29, 0.717) is 12.3 Å². The molecule has 0 saturated carbocycles. The van der Waals surface area contributed by atoms with Crippen LogP contribution in [0.1, 0.15) is 5.56 Å². The molecule has 0 bridgehead atoms. The number of nitrogens with zero attached hydrogens (tertiary/aromatic N) is 1. The summed E-state index contributed by atoms with van der Waals surface area (Å²) in [5.74, 6) is 0. The molecule has 0 saturated heterocycles. The molecule has 0 radical (unpaired) electrons. The van der Waals surface area contributed by atoms with Gasteiger partial charge in [-0.1, -0.05) is 35.1 Å². The first-order valence-corrected chi connectivity index (χ1v) is 7.91. The summed E-state index contributed by atoms with van der Waals surface area (Å²) < 4.78 is 31.7. The third kappa shape index (κ3) is 3.66. The lowest BCUT2D eigenvalue weighted by atomic mass is 10.2. The largest absolute Gasteiger partial charge is 0.380 e. The zero-order valence-electron chi connectivity index (χ0n) is 9.96. The number of nitrogens with one attached hydrogen (secondary N) is 1. The maximum Gasteiger partial charge on any atom is 0.273 e. The summed E-state index contributed by atoms with van der Waals surface area (Å²) in [6, 6.07) is 6.94. The van der Waals surface area contributed by atoms with E-state index < -0.39 is 10.0 Å². The number of halogens is 1. The first-order chi connectivity index (χ1) is 9.01. The number of aromatic nitrogens is 1. The van der Waals surface area contributed by atoms with E-state index in [4.69, 9.17) is 16.3 Å². The van der Waals surface area contributed by atoms with Crippen LogP contribution in [0, 0.1) is 0 Å². The summed E-state index contributed by atoms with van der Waals surface area (Å²) in [5, 5.41) is 0. The van der Waals surface area contributed by atoms with Crippen LogP contribution in [0.25, 0.3) is 0 Å². The minimum Gasteiger partial charge on any atom is -0.380 e. The summed E-state index contributed by atoms with van der Waals surface area (Å²) in [5.41, 5.74) is 1.44. The number of rotatable bonds is 5. The fraction of sp³-hybridized carbons (Fsp3) is 0.182. The third-order valence-corrected chi connectivity index (χ3v) is 5.20. The summed E-state index contributed by atoms with van der Waals surface area (Å²) in [6.45, 7) is 0.484. The highest BCUT2D eigenvalue weighted by Crippen LogP contribution is 2.24. The molecule has 0 atom stereocenters. The third-order valence-electron chi connectivity index (χ3n) is 2.24. The van der Waals surface area contributed by atoms with E-state index in [1.54, 1.807) is 31.4 Å². The summed E-state index contributed by atoms with van der Waals surface area (Å²) in [7, 11) is -2.03. The quantitative estimate of drug-likeness (QED) is 0.920. The van der Waals surface area contributed by atoms with E-state index in [2.05, 4.69) is 9.71 Å². The van der Waals surface area contributed by atoms with Crippen molar-refractivity contribution in [3.05, 3.63) is 40.5 Å². The van der Waals surface area contributed by atoms with Gasteiger partial charge in [0.2, 0.25) is 0 Å². The van der Waals surface area contributed by atoms with Gasteiger partial charge in [0.25, 0.3) is 10.0 Å². The van der Waals surface area contributed by atoms with Gasteiger partial charge in [-0.3, -0.25) is 4.72 Å². The van der Waals surface area contributed by atoms with Crippen LogP contribution in [0.15, 0.2) is 34.7 Å². The Labute approximate surface area is 120 Å². The maximum atomic E-state index is 12.0. The lowest BCUT2D eigenvalue weighted by Crippen LogP contribution is -2.11. The molecule has 0 aliphatic rings. The van der Waals surface area contributed by atoms with Gasteiger partial charge in [-0.2, -0.15) is 0 Å². The van der Waals surface area contributed by atoms with Gasteiger partial charge in [0.15, 0.2) is 8.68 Å². The number of anilines is 1. The predicted octanol–water partition coefficient (Wildman–Crippen LogP) is 2.74. The Morgan fingerprint density at radius 3 is 2.58 bits per heavy atom. The van der Waals surface area contributed by atoms with Crippen LogP contribution >= 0.6 is 22.9 Å². The second-order valence-corrected chi connectivity index (χ2v) is 7.19. The van der Waals surface area contributed by atoms with Gasteiger partial charge in [0.05, 0.1) is 12.8 Å². The lowest BCUT2D eigenvalue weighted by molar-refractivity contribution is 0.185. The Hall–Kier alpha value is -1.15. The Morgan fingerprint density at radius 2 is 2.05 bits per heavy atom. The Bertz CT molecular complexity index is 653. The van der Waals surface area contributed by atoms with Crippen molar-refractivity contribution >= 4 is 38.6 Å². The second-order valence-electron chi connectivity index (χ2n) is 3.67. The maximum absolute atomic E-state index is 12.0. The molecule has 0 fully saturated rings. The average Bonchev–Trinajstić information content (AvgIpc) is 2.79. The Morgan fingerprint density at radius 1 is 1.37 bits per heavy atom. The van der Waals surface area contributed by atoms with Gasteiger partial charge in [-0.05, 0) is 17.7 Å². The van der Waals surface area contributed by atoms with E-state index in [9.17, 15) is 8.42 Å². The molecule has 0 amide bonds. The Kier molecular flexibility index (Phi) is 4.41. The SMILES string of the molecule is COCc1ccc(NS(=O)(=O)c2cnc(Cl)s2)cc1. The molecule has 1 aromatic heterocycles. The number of hydrogen-bond donors (Lipinski definition) is 1. The molecule has 2 aromatic rings. The highest BCUT2D eigenvalue weighted by atomic mass is 35.5. The van der Waals surface area contributed by atoms with Gasteiger partial charge in [0, 0.05) is 12.8 Å². The van der Waals surface area contributed by atoms with Crippen molar-refractivity contribution in [2.75, 3.05) is 11.8 Å². The van der Waals surface area contributed by atoms with E-state index >= 15 is 0 Å². The second kappa shape index (κ2) is 5.87. The average molecular weight is 319 g/mol. The van der Waals surface area contributed by atoms with Crippen LogP contribution in [0.5, 0.6) is 0 Å². The first-order valence-electron chi connectivity index (χ1n) is 5.23. The van der Waals surface area contributed by atoms with E-state index in [1.165, 1.54) is 6.20 Å². The van der Waals surface area contributed by atoms with Crippen molar-refractivity contribution < 1.29 is 13.2 Å². The molecule has 0 unspecified atom stereocenters. The van der Waals surface area contributed by atoms with Crippen molar-refractivity contribution in [3.8, 4) is 0 Å². The molecule has 0 aliphatic heterocycles. The lowest BCUT2D eigenvalue weighted by Gasteiger charge is -2.06. The molecule has 19 heavy (non-hydrogen) atoms. The molecule has 8 heteroatoms. The zero-order valence-corrected chi connectivity index (χ0v) is 12.3. The Balaban J connectivity index is 2.16. The molecule has 5 nitrogen and oxygen atoms in total. The minimum absolute atomic E-state index is 0.0819. The van der Waals surface area contributed by atoms with Gasteiger partial charge >= 0.3 is 0 Å². The van der Waals surface area contributed by atoms with Crippen LogP contribution in [0.4, 0.5) is 5.69 Å². The topological polar surface area (TPSA) is 68.3 Å². The van der Waals surface area contributed by atoms with Crippen molar-refractivity contribution in [3.63, 3.8) is 0 Å². The highest BCUT2D eigenvalue weighted by molar-refractivity contribution is 7.94. The standard InChI is InChI=1S/C11H11ClN2O3S2/c1-17-7-8-2-4-9(5-3-8)14-19(15,16)10-6-13-11(12)18-10/h2-6,14H,7H2,1H3. The van der Waals surface area contributed by atoms with Crippen LogP contribution in [0.3, 0.4) is 0 Å². The van der Waals surface area contributed by atoms with Gasteiger partial charge < -0.3 is 4.74 Å². The molecular weight excluding hydrogens is 308 g/mol. The fourth-order valence-electron chi connectivity index (χ4n) is 1.40. The first kappa shape index (κ1) is 14.3. The molecule has 1 N–H and O–H groups in total. The van der Waals surface area contributed by atoms with Gasteiger partial charge in [-0.25, -0.2) is 13.4 Å². The van der Waals surface area contributed by atoms with Crippen LogP contribution in [-0.4, -0.2) is 20.5 Å². The summed E-state index contributed by atoms with van der Waals surface area (Å²) >= 11 is 6.54. The number of sulfonamides is 1. The van der Waals surface area contributed by atoms with Crippen LogP contribution in [-0.2, 0) is 21.4 Å². The van der Waals surface area contributed by atoms with Crippen LogP contribution in [0.2, 0.25) is 4.47 Å². The number of ether oxygens (including phenoxy) is 1. The predicted molar refractivity (Wildman–Crippen MR) is 75.1 cm³/mol. The van der Waals surface area contributed by atoms with Gasteiger partial charge in [0.1, 0.15) is 0 Å². The fourth-order valence-corrected chi connectivity index (χ4v) is 3.76.